The van der Waals surface area contributed by atoms with Crippen LogP contribution in [-0.4, -0.2) is 23.0 Å². The number of nitrogens with zero attached hydrogens (tertiary/aromatic N) is 1. The van der Waals surface area contributed by atoms with Crippen LogP contribution in [0, 0.1) is 17.5 Å². The average molecular weight is 437 g/mol. The van der Waals surface area contributed by atoms with Crippen molar-refractivity contribution in [3.63, 3.8) is 0 Å². The third-order valence-electron chi connectivity index (χ3n) is 4.91. The molecule has 0 aliphatic rings. The Morgan fingerprint density at radius 3 is 2.62 bits per heavy atom. The van der Waals surface area contributed by atoms with E-state index in [0.717, 1.165) is 6.07 Å². The topological polar surface area (TPSA) is 67.0 Å². The zero-order chi connectivity index (χ0) is 22.8. The Hall–Kier alpha value is -4.07. The number of carbonyl (C=O) groups is 1. The van der Waals surface area contributed by atoms with Gasteiger partial charge >= 0.3 is 0 Å². The smallest absolute Gasteiger partial charge is 0.248 e. The summed E-state index contributed by atoms with van der Waals surface area (Å²) in [6.07, 6.45) is 6.01. The van der Waals surface area contributed by atoms with Gasteiger partial charge in [0, 0.05) is 40.5 Å². The Balaban J connectivity index is 1.82. The zero-order valence-electron chi connectivity index (χ0n) is 17.2. The standard InChI is InChI=1S/C24H18F3N3O2/c1-3-4-22(31)30-21-8-13(5-6-19(21)26)14-7-17-18(12-29-24(17)28-11-14)16-9-15(25)10-20(27)23(16)32-2/h3-12H,1-2H3,(H,28,29)(H,30,31)/b4-3+. The molecule has 2 aromatic heterocycles. The number of amides is 1. The molecule has 0 aliphatic carbocycles. The summed E-state index contributed by atoms with van der Waals surface area (Å²) in [7, 11) is 1.31. The van der Waals surface area contributed by atoms with Crippen LogP contribution in [0.1, 0.15) is 6.92 Å². The second kappa shape index (κ2) is 8.58. The van der Waals surface area contributed by atoms with Gasteiger partial charge in [-0.05, 0) is 42.8 Å². The number of methoxy groups -OCH3 is 1. The van der Waals surface area contributed by atoms with Gasteiger partial charge in [0.15, 0.2) is 11.6 Å². The number of aromatic nitrogens is 2. The Kier molecular flexibility index (Phi) is 5.68. The first kappa shape index (κ1) is 21.2. The number of pyridine rings is 1. The molecule has 0 radical (unpaired) electrons. The maximum atomic E-state index is 14.2. The van der Waals surface area contributed by atoms with Crippen molar-refractivity contribution in [3.8, 4) is 28.0 Å². The van der Waals surface area contributed by atoms with E-state index in [1.54, 1.807) is 37.5 Å². The lowest BCUT2D eigenvalue weighted by molar-refractivity contribution is -0.111. The molecule has 5 nitrogen and oxygen atoms in total. The SMILES string of the molecule is C/C=C/C(=O)Nc1cc(-c2cnc3[nH]cc(-c4cc(F)cc(F)c4OC)c3c2)ccc1F. The fourth-order valence-corrected chi connectivity index (χ4v) is 3.48. The van der Waals surface area contributed by atoms with Crippen LogP contribution >= 0.6 is 0 Å². The molecule has 2 N–H and O–H groups in total. The highest BCUT2D eigenvalue weighted by molar-refractivity contribution is 6.00. The highest BCUT2D eigenvalue weighted by Crippen LogP contribution is 2.38. The Bertz CT molecular complexity index is 1360. The average Bonchev–Trinajstić information content (AvgIpc) is 3.18. The van der Waals surface area contributed by atoms with Gasteiger partial charge in [-0.15, -0.1) is 0 Å². The molecule has 4 rings (SSSR count). The molecule has 0 fully saturated rings. The van der Waals surface area contributed by atoms with Crippen molar-refractivity contribution in [2.75, 3.05) is 12.4 Å². The number of fused-ring (bicyclic) bond motifs is 1. The van der Waals surface area contributed by atoms with E-state index in [-0.39, 0.29) is 17.0 Å². The number of benzene rings is 2. The van der Waals surface area contributed by atoms with Crippen LogP contribution in [-0.2, 0) is 4.79 Å². The molecule has 0 atom stereocenters. The minimum Gasteiger partial charge on any atom is -0.493 e. The van der Waals surface area contributed by atoms with Crippen LogP contribution in [0.3, 0.4) is 0 Å². The van der Waals surface area contributed by atoms with Gasteiger partial charge < -0.3 is 15.0 Å². The third kappa shape index (κ3) is 3.94. The lowest BCUT2D eigenvalue weighted by Crippen LogP contribution is -2.09. The summed E-state index contributed by atoms with van der Waals surface area (Å²) in [5.74, 6) is -2.68. The fraction of sp³-hybridized carbons (Fsp3) is 0.0833. The van der Waals surface area contributed by atoms with Gasteiger partial charge in [-0.25, -0.2) is 18.2 Å². The lowest BCUT2D eigenvalue weighted by Gasteiger charge is -2.10. The molecule has 0 saturated carbocycles. The maximum absolute atomic E-state index is 14.2. The monoisotopic (exact) mass is 437 g/mol. The molecule has 0 saturated heterocycles. The lowest BCUT2D eigenvalue weighted by atomic mass is 10.0. The maximum Gasteiger partial charge on any atom is 0.248 e. The van der Waals surface area contributed by atoms with Gasteiger partial charge in [0.25, 0.3) is 0 Å². The molecular formula is C24H18F3N3O2. The summed E-state index contributed by atoms with van der Waals surface area (Å²) < 4.78 is 47.5. The first-order valence-electron chi connectivity index (χ1n) is 9.65. The van der Waals surface area contributed by atoms with Gasteiger partial charge in [0.05, 0.1) is 12.8 Å². The van der Waals surface area contributed by atoms with Crippen molar-refractivity contribution < 1.29 is 22.7 Å². The third-order valence-corrected chi connectivity index (χ3v) is 4.91. The molecule has 0 bridgehead atoms. The van der Waals surface area contributed by atoms with Gasteiger partial charge in [-0.2, -0.15) is 0 Å². The number of halogens is 3. The number of hydrogen-bond acceptors (Lipinski definition) is 3. The van der Waals surface area contributed by atoms with Gasteiger partial charge in [-0.1, -0.05) is 12.1 Å². The highest BCUT2D eigenvalue weighted by atomic mass is 19.1. The molecule has 162 valence electrons. The predicted molar refractivity (Wildman–Crippen MR) is 117 cm³/mol. The molecule has 8 heteroatoms. The van der Waals surface area contributed by atoms with Crippen molar-refractivity contribution in [2.45, 2.75) is 6.92 Å². The molecule has 2 aromatic carbocycles. The Morgan fingerprint density at radius 1 is 1.06 bits per heavy atom. The number of ether oxygens (including phenoxy) is 1. The van der Waals surface area contributed by atoms with Crippen LogP contribution in [0.15, 0.2) is 60.9 Å². The largest absolute Gasteiger partial charge is 0.493 e. The fourth-order valence-electron chi connectivity index (χ4n) is 3.48. The van der Waals surface area contributed by atoms with E-state index in [9.17, 15) is 18.0 Å². The van der Waals surface area contributed by atoms with Crippen molar-refractivity contribution in [1.29, 1.82) is 0 Å². The summed E-state index contributed by atoms with van der Waals surface area (Å²) in [5.41, 5.74) is 2.46. The van der Waals surface area contributed by atoms with E-state index >= 15 is 0 Å². The molecule has 1 amide bonds. The Labute approximate surface area is 181 Å². The van der Waals surface area contributed by atoms with E-state index in [1.165, 1.54) is 31.4 Å². The number of carbonyl (C=O) groups excluding carboxylic acids is 1. The van der Waals surface area contributed by atoms with E-state index in [4.69, 9.17) is 4.74 Å². The van der Waals surface area contributed by atoms with Crippen LogP contribution in [0.4, 0.5) is 18.9 Å². The summed E-state index contributed by atoms with van der Waals surface area (Å²) in [6, 6.07) is 7.99. The molecule has 0 unspecified atom stereocenters. The summed E-state index contributed by atoms with van der Waals surface area (Å²) in [4.78, 5) is 19.2. The van der Waals surface area contributed by atoms with Crippen molar-refractivity contribution in [2.24, 2.45) is 0 Å². The number of H-pyrrole nitrogens is 1. The quantitative estimate of drug-likeness (QED) is 0.386. The van der Waals surface area contributed by atoms with E-state index in [0.29, 0.717) is 27.7 Å². The first-order chi connectivity index (χ1) is 15.4. The minimum atomic E-state index is -0.819. The molecular weight excluding hydrogens is 419 g/mol. The summed E-state index contributed by atoms with van der Waals surface area (Å²) in [5, 5.41) is 3.08. The summed E-state index contributed by atoms with van der Waals surface area (Å²) >= 11 is 0. The molecule has 0 spiro atoms. The molecule has 0 aliphatic heterocycles. The number of hydrogen-bond donors (Lipinski definition) is 2. The van der Waals surface area contributed by atoms with E-state index in [1.807, 2.05) is 0 Å². The first-order valence-corrected chi connectivity index (χ1v) is 9.65. The number of anilines is 1. The second-order valence-corrected chi connectivity index (χ2v) is 6.97. The van der Waals surface area contributed by atoms with Crippen molar-refractivity contribution >= 4 is 22.6 Å². The molecule has 4 aromatic rings. The van der Waals surface area contributed by atoms with Gasteiger partial charge in [-0.3, -0.25) is 4.79 Å². The van der Waals surface area contributed by atoms with Crippen LogP contribution in [0.5, 0.6) is 5.75 Å². The second-order valence-electron chi connectivity index (χ2n) is 6.97. The molecule has 2 heterocycles. The van der Waals surface area contributed by atoms with E-state index in [2.05, 4.69) is 15.3 Å². The number of nitrogens with one attached hydrogen (secondary N) is 2. The Morgan fingerprint density at radius 2 is 1.88 bits per heavy atom. The number of allylic oxidation sites excluding steroid dienone is 1. The van der Waals surface area contributed by atoms with Gasteiger partial charge in [0.1, 0.15) is 17.3 Å². The normalized spacial score (nSPS) is 11.3. The van der Waals surface area contributed by atoms with Crippen LogP contribution < -0.4 is 10.1 Å². The highest BCUT2D eigenvalue weighted by Gasteiger charge is 2.18. The van der Waals surface area contributed by atoms with Crippen LogP contribution in [0.25, 0.3) is 33.3 Å². The number of rotatable bonds is 5. The summed E-state index contributed by atoms with van der Waals surface area (Å²) in [6.45, 7) is 1.68. The van der Waals surface area contributed by atoms with Crippen molar-refractivity contribution in [3.05, 3.63) is 78.4 Å². The number of aromatic amines is 1. The zero-order valence-corrected chi connectivity index (χ0v) is 17.2. The van der Waals surface area contributed by atoms with Crippen LogP contribution in [0.2, 0.25) is 0 Å². The predicted octanol–water partition coefficient (Wildman–Crippen LogP) is 5.84. The van der Waals surface area contributed by atoms with Gasteiger partial charge in [0.2, 0.25) is 5.91 Å². The van der Waals surface area contributed by atoms with Crippen molar-refractivity contribution in [1.82, 2.24) is 9.97 Å². The molecule has 32 heavy (non-hydrogen) atoms. The van der Waals surface area contributed by atoms with E-state index < -0.39 is 23.4 Å². The minimum absolute atomic E-state index is 0.0221.